The van der Waals surface area contributed by atoms with Crippen LogP contribution in [0.4, 0.5) is 4.79 Å². The van der Waals surface area contributed by atoms with Crippen molar-refractivity contribution in [1.82, 2.24) is 5.32 Å². The molecule has 0 spiro atoms. The molecular weight excluding hydrogens is 425 g/mol. The Kier molecular flexibility index (Phi) is 5.91. The highest BCUT2D eigenvalue weighted by atomic mass is 31.2. The van der Waals surface area contributed by atoms with Gasteiger partial charge in [-0.1, -0.05) is 48.5 Å². The molecule has 0 heterocycles. The molecule has 0 radical (unpaired) electrons. The molecule has 0 aliphatic heterocycles. The zero-order chi connectivity index (χ0) is 22.3. The van der Waals surface area contributed by atoms with Gasteiger partial charge in [0.25, 0.3) is 0 Å². The fourth-order valence-corrected chi connectivity index (χ4v) is 5.34. The van der Waals surface area contributed by atoms with Crippen molar-refractivity contribution in [2.75, 3.05) is 6.61 Å². The first-order chi connectivity index (χ1) is 14.7. The van der Waals surface area contributed by atoms with Gasteiger partial charge in [-0.15, -0.1) is 0 Å². The second kappa shape index (κ2) is 8.35. The van der Waals surface area contributed by atoms with Crippen molar-refractivity contribution in [3.63, 3.8) is 0 Å². The first-order valence-electron chi connectivity index (χ1n) is 9.89. The summed E-state index contributed by atoms with van der Waals surface area (Å²) in [5.41, 5.74) is 4.24. The first-order valence-corrected chi connectivity index (χ1v) is 11.6. The number of alkyl carbamates (subject to hydrolysis) is 1. The Balaban J connectivity index is 1.41. The maximum atomic E-state index is 12.4. The largest absolute Gasteiger partial charge is 0.449 e. The number of aliphatic hydroxyl groups is 3. The summed E-state index contributed by atoms with van der Waals surface area (Å²) in [6, 6.07) is 14.7. The minimum absolute atomic E-state index is 0.0553. The zero-order valence-electron chi connectivity index (χ0n) is 16.4. The Morgan fingerprint density at radius 3 is 2.13 bits per heavy atom. The van der Waals surface area contributed by atoms with Gasteiger partial charge < -0.3 is 35.2 Å². The van der Waals surface area contributed by atoms with E-state index in [0.717, 1.165) is 22.3 Å². The molecule has 166 valence electrons. The molecule has 6 N–H and O–H groups in total. The smallest absolute Gasteiger partial charge is 0.407 e. The van der Waals surface area contributed by atoms with Crippen molar-refractivity contribution in [3.8, 4) is 11.1 Å². The monoisotopic (exact) mass is 449 g/mol. The number of nitrogens with one attached hydrogen (secondary N) is 1. The Morgan fingerprint density at radius 1 is 1.03 bits per heavy atom. The van der Waals surface area contributed by atoms with Crippen LogP contribution < -0.4 is 5.32 Å². The fourth-order valence-electron chi connectivity index (χ4n) is 4.55. The van der Waals surface area contributed by atoms with Gasteiger partial charge in [0.05, 0.1) is 12.1 Å². The minimum Gasteiger partial charge on any atom is -0.449 e. The Morgan fingerprint density at radius 2 is 1.58 bits per heavy atom. The third-order valence-corrected chi connectivity index (χ3v) is 7.17. The van der Waals surface area contributed by atoms with Crippen molar-refractivity contribution in [1.29, 1.82) is 0 Å². The van der Waals surface area contributed by atoms with E-state index in [1.54, 1.807) is 0 Å². The van der Waals surface area contributed by atoms with Crippen molar-refractivity contribution in [2.45, 2.75) is 36.4 Å². The van der Waals surface area contributed by atoms with E-state index < -0.39 is 43.7 Å². The van der Waals surface area contributed by atoms with Crippen molar-refractivity contribution < 1.29 is 39.2 Å². The Bertz CT molecular complexity index is 978. The predicted molar refractivity (Wildman–Crippen MR) is 110 cm³/mol. The number of ether oxygens (including phenoxy) is 1. The van der Waals surface area contributed by atoms with Crippen LogP contribution in [0.1, 0.15) is 23.5 Å². The third-order valence-electron chi connectivity index (χ3n) is 6.10. The maximum Gasteiger partial charge on any atom is 0.407 e. The fraction of sp³-hybridized carbons (Fsp3) is 0.381. The topological polar surface area (TPSA) is 157 Å². The summed E-state index contributed by atoms with van der Waals surface area (Å²) >= 11 is 0. The highest BCUT2D eigenvalue weighted by Crippen LogP contribution is 2.48. The predicted octanol–water partition coefficient (Wildman–Crippen LogP) is 1.13. The van der Waals surface area contributed by atoms with Crippen LogP contribution in [0.2, 0.25) is 0 Å². The molecule has 31 heavy (non-hydrogen) atoms. The Labute approximate surface area is 178 Å². The van der Waals surface area contributed by atoms with Gasteiger partial charge in [0.15, 0.2) is 5.85 Å². The van der Waals surface area contributed by atoms with E-state index in [0.29, 0.717) is 0 Å². The highest BCUT2D eigenvalue weighted by molar-refractivity contribution is 7.52. The number of fused-ring (bicyclic) bond motifs is 3. The Hall–Kier alpha value is -2.26. The molecule has 2 aliphatic rings. The summed E-state index contributed by atoms with van der Waals surface area (Å²) in [5, 5.41) is 32.4. The molecule has 9 nitrogen and oxygen atoms in total. The number of hydrogen-bond acceptors (Lipinski definition) is 6. The van der Waals surface area contributed by atoms with E-state index in [1.165, 1.54) is 0 Å². The van der Waals surface area contributed by atoms with Gasteiger partial charge in [-0.25, -0.2) is 4.79 Å². The second-order valence-electron chi connectivity index (χ2n) is 7.96. The van der Waals surface area contributed by atoms with E-state index in [9.17, 15) is 24.7 Å². The number of rotatable bonds is 5. The van der Waals surface area contributed by atoms with E-state index in [-0.39, 0.29) is 18.9 Å². The van der Waals surface area contributed by atoms with E-state index in [2.05, 4.69) is 5.32 Å². The van der Waals surface area contributed by atoms with Gasteiger partial charge in [-0.05, 0) is 28.7 Å². The number of carbonyl (C=O) groups is 1. The van der Waals surface area contributed by atoms with Crippen LogP contribution in [0, 0.1) is 5.92 Å². The van der Waals surface area contributed by atoms with Crippen LogP contribution in [0.15, 0.2) is 48.5 Å². The molecule has 0 aromatic heterocycles. The maximum absolute atomic E-state index is 12.4. The molecule has 10 heteroatoms. The molecule has 5 atom stereocenters. The first kappa shape index (κ1) is 22.0. The molecule has 1 saturated carbocycles. The average molecular weight is 449 g/mol. The number of amides is 1. The molecule has 1 amide bonds. The molecule has 2 aliphatic carbocycles. The lowest BCUT2D eigenvalue weighted by Crippen LogP contribution is -2.43. The molecule has 2 aromatic carbocycles. The van der Waals surface area contributed by atoms with Crippen LogP contribution in [-0.2, 0) is 9.30 Å². The quantitative estimate of drug-likeness (QED) is 0.371. The minimum atomic E-state index is -4.88. The lowest BCUT2D eigenvalue weighted by atomic mass is 9.98. The van der Waals surface area contributed by atoms with Gasteiger partial charge in [0.1, 0.15) is 12.7 Å². The summed E-state index contributed by atoms with van der Waals surface area (Å²) in [6.07, 6.45) is -4.13. The molecule has 1 unspecified atom stereocenters. The molecule has 2 aromatic rings. The molecule has 0 bridgehead atoms. The van der Waals surface area contributed by atoms with Crippen LogP contribution in [0.5, 0.6) is 0 Å². The van der Waals surface area contributed by atoms with Crippen molar-refractivity contribution in [3.05, 3.63) is 59.7 Å². The number of benzene rings is 2. The number of carbonyl (C=O) groups excluding carboxylic acids is 1. The summed E-state index contributed by atoms with van der Waals surface area (Å²) in [7, 11) is -4.88. The summed E-state index contributed by atoms with van der Waals surface area (Å²) in [4.78, 5) is 30.6. The molecule has 4 rings (SSSR count). The van der Waals surface area contributed by atoms with Gasteiger partial charge in [0, 0.05) is 11.8 Å². The summed E-state index contributed by atoms with van der Waals surface area (Å²) < 4.78 is 16.7. The molecular formula is C21H24NO8P. The van der Waals surface area contributed by atoms with Gasteiger partial charge in [-0.3, -0.25) is 4.57 Å². The van der Waals surface area contributed by atoms with E-state index in [4.69, 9.17) is 14.5 Å². The standard InChI is InChI=1S/C21H24NO8P/c23-18-15(20(25)31(27,28)29)9-17(19(18)24)22-21(26)30-10-16-13-7-3-1-5-11(13)12-6-2-4-8-14(12)16/h1-8,15-20,23-25H,9-10H2,(H,22,26)(H2,27,28,29)/t15-,17-,18-,19+,20?/m1/s1. The lowest BCUT2D eigenvalue weighted by molar-refractivity contribution is -0.0111. The van der Waals surface area contributed by atoms with Crippen molar-refractivity contribution in [2.24, 2.45) is 5.92 Å². The average Bonchev–Trinajstić information content (AvgIpc) is 3.20. The van der Waals surface area contributed by atoms with Crippen LogP contribution in [0.3, 0.4) is 0 Å². The van der Waals surface area contributed by atoms with Crippen LogP contribution in [-0.4, -0.2) is 61.9 Å². The van der Waals surface area contributed by atoms with Crippen LogP contribution in [0.25, 0.3) is 11.1 Å². The third kappa shape index (κ3) is 4.13. The van der Waals surface area contributed by atoms with Gasteiger partial charge in [0.2, 0.25) is 0 Å². The summed E-state index contributed by atoms with van der Waals surface area (Å²) in [6.45, 7) is 0.0553. The van der Waals surface area contributed by atoms with Gasteiger partial charge in [-0.2, -0.15) is 0 Å². The van der Waals surface area contributed by atoms with Gasteiger partial charge >= 0.3 is 13.7 Å². The van der Waals surface area contributed by atoms with E-state index >= 15 is 0 Å². The zero-order valence-corrected chi connectivity index (χ0v) is 17.3. The van der Waals surface area contributed by atoms with E-state index in [1.807, 2.05) is 48.5 Å². The van der Waals surface area contributed by atoms with Crippen molar-refractivity contribution >= 4 is 13.7 Å². The highest BCUT2D eigenvalue weighted by Gasteiger charge is 2.50. The molecule has 0 saturated heterocycles. The number of hydrogen-bond donors (Lipinski definition) is 6. The normalized spacial score (nSPS) is 26.2. The second-order valence-corrected chi connectivity index (χ2v) is 9.67. The SMILES string of the molecule is O=C(N[C@@H]1C[C@@H](C(O)P(=O)(O)O)[C@@H](O)[C@H]1O)OCC1c2ccccc2-c2ccccc21. The van der Waals surface area contributed by atoms with Crippen LogP contribution >= 0.6 is 7.60 Å². The number of aliphatic hydroxyl groups excluding tert-OH is 3. The summed E-state index contributed by atoms with van der Waals surface area (Å²) in [5.74, 6) is -3.57. The molecule has 1 fully saturated rings. The lowest BCUT2D eigenvalue weighted by Gasteiger charge is -2.22.